The molecule has 3 amide bonds. The Bertz CT molecular complexity index is 632. The summed E-state index contributed by atoms with van der Waals surface area (Å²) >= 11 is 1.60. The minimum atomic E-state index is -0.225. The van der Waals surface area contributed by atoms with Gasteiger partial charge in [-0.05, 0) is 58.4 Å². The first-order valence-corrected chi connectivity index (χ1v) is 9.64. The standard InChI is InChI=1S/C19H26N2O3S/c1-13(16(22)20-19(2,3)4)25-12-8-7-11-21-17(23)14-9-5-6-10-15(14)18(21)24/h5-6,9-10,13H,7-8,11-12H2,1-4H3,(H,20,22). The van der Waals surface area contributed by atoms with Crippen molar-refractivity contribution in [3.63, 3.8) is 0 Å². The van der Waals surface area contributed by atoms with Crippen molar-refractivity contribution in [3.05, 3.63) is 35.4 Å². The second kappa shape index (κ2) is 8.04. The molecule has 1 heterocycles. The topological polar surface area (TPSA) is 66.5 Å². The molecule has 0 bridgehead atoms. The number of unbranched alkanes of at least 4 members (excludes halogenated alkanes) is 1. The summed E-state index contributed by atoms with van der Waals surface area (Å²) in [4.78, 5) is 37.8. The molecule has 1 aromatic carbocycles. The zero-order valence-corrected chi connectivity index (χ0v) is 16.1. The van der Waals surface area contributed by atoms with E-state index in [9.17, 15) is 14.4 Å². The van der Waals surface area contributed by atoms with Crippen LogP contribution in [0.5, 0.6) is 0 Å². The van der Waals surface area contributed by atoms with E-state index in [-0.39, 0.29) is 28.5 Å². The monoisotopic (exact) mass is 362 g/mol. The maximum atomic E-state index is 12.2. The molecule has 0 aliphatic carbocycles. The van der Waals surface area contributed by atoms with E-state index < -0.39 is 0 Å². The van der Waals surface area contributed by atoms with E-state index >= 15 is 0 Å². The van der Waals surface area contributed by atoms with Crippen LogP contribution in [0.3, 0.4) is 0 Å². The molecule has 6 heteroatoms. The smallest absolute Gasteiger partial charge is 0.261 e. The summed E-state index contributed by atoms with van der Waals surface area (Å²) in [5.74, 6) is 0.456. The van der Waals surface area contributed by atoms with Gasteiger partial charge in [0.2, 0.25) is 5.91 Å². The van der Waals surface area contributed by atoms with Gasteiger partial charge in [0.05, 0.1) is 16.4 Å². The van der Waals surface area contributed by atoms with Crippen molar-refractivity contribution in [3.8, 4) is 0 Å². The molecular formula is C19H26N2O3S. The Hall–Kier alpha value is -1.82. The molecule has 0 fully saturated rings. The number of thioether (sulfide) groups is 1. The maximum Gasteiger partial charge on any atom is 0.261 e. The van der Waals surface area contributed by atoms with E-state index in [1.54, 1.807) is 36.0 Å². The van der Waals surface area contributed by atoms with E-state index in [0.717, 1.165) is 18.6 Å². The Kier molecular flexibility index (Phi) is 6.27. The van der Waals surface area contributed by atoms with Crippen molar-refractivity contribution in [1.29, 1.82) is 0 Å². The van der Waals surface area contributed by atoms with Gasteiger partial charge < -0.3 is 5.32 Å². The number of hydrogen-bond donors (Lipinski definition) is 1. The SMILES string of the molecule is CC(SCCCCN1C(=O)c2ccccc2C1=O)C(=O)NC(C)(C)C. The highest BCUT2D eigenvalue weighted by atomic mass is 32.2. The van der Waals surface area contributed by atoms with Crippen LogP contribution in [0, 0.1) is 0 Å². The van der Waals surface area contributed by atoms with Crippen LogP contribution in [0.15, 0.2) is 24.3 Å². The minimum absolute atomic E-state index is 0.0397. The lowest BCUT2D eigenvalue weighted by Crippen LogP contribution is -2.44. The summed E-state index contributed by atoms with van der Waals surface area (Å²) in [5, 5.41) is 2.86. The van der Waals surface area contributed by atoms with Gasteiger partial charge >= 0.3 is 0 Å². The molecule has 0 spiro atoms. The van der Waals surface area contributed by atoms with Crippen LogP contribution >= 0.6 is 11.8 Å². The molecule has 0 saturated heterocycles. The Morgan fingerprint density at radius 2 is 1.68 bits per heavy atom. The van der Waals surface area contributed by atoms with Gasteiger partial charge in [0.25, 0.3) is 11.8 Å². The first-order chi connectivity index (χ1) is 11.7. The van der Waals surface area contributed by atoms with Crippen molar-refractivity contribution in [2.24, 2.45) is 0 Å². The zero-order valence-electron chi connectivity index (χ0n) is 15.3. The van der Waals surface area contributed by atoms with Gasteiger partial charge in [0, 0.05) is 12.1 Å². The second-order valence-electron chi connectivity index (χ2n) is 7.27. The van der Waals surface area contributed by atoms with Crippen LogP contribution in [-0.4, -0.2) is 45.7 Å². The molecule has 1 unspecified atom stereocenters. The number of rotatable bonds is 7. The Labute approximate surface area is 153 Å². The Morgan fingerprint density at radius 1 is 1.12 bits per heavy atom. The zero-order chi connectivity index (χ0) is 18.6. The molecule has 25 heavy (non-hydrogen) atoms. The Morgan fingerprint density at radius 3 is 2.20 bits per heavy atom. The minimum Gasteiger partial charge on any atom is -0.351 e. The third-order valence-electron chi connectivity index (χ3n) is 3.89. The van der Waals surface area contributed by atoms with Crippen molar-refractivity contribution in [2.45, 2.75) is 51.3 Å². The van der Waals surface area contributed by atoms with Gasteiger partial charge in [0.1, 0.15) is 0 Å². The van der Waals surface area contributed by atoms with Crippen molar-refractivity contribution in [1.82, 2.24) is 10.2 Å². The van der Waals surface area contributed by atoms with Crippen molar-refractivity contribution in [2.75, 3.05) is 12.3 Å². The Balaban J connectivity index is 1.71. The van der Waals surface area contributed by atoms with E-state index in [1.807, 2.05) is 27.7 Å². The predicted molar refractivity (Wildman–Crippen MR) is 101 cm³/mol. The normalized spacial score (nSPS) is 15.3. The summed E-state index contributed by atoms with van der Waals surface area (Å²) in [6.07, 6.45) is 1.59. The number of imide groups is 1. The molecule has 1 N–H and O–H groups in total. The van der Waals surface area contributed by atoms with Crippen LogP contribution in [0.4, 0.5) is 0 Å². The lowest BCUT2D eigenvalue weighted by Gasteiger charge is -2.23. The molecule has 2 rings (SSSR count). The van der Waals surface area contributed by atoms with Crippen molar-refractivity contribution < 1.29 is 14.4 Å². The summed E-state index contributed by atoms with van der Waals surface area (Å²) in [5.41, 5.74) is 0.765. The second-order valence-corrected chi connectivity index (χ2v) is 8.72. The summed E-state index contributed by atoms with van der Waals surface area (Å²) in [6.45, 7) is 8.21. The molecule has 1 aromatic rings. The fourth-order valence-corrected chi connectivity index (χ4v) is 3.56. The molecule has 1 aliphatic rings. The highest BCUT2D eigenvalue weighted by Crippen LogP contribution is 2.23. The lowest BCUT2D eigenvalue weighted by molar-refractivity contribution is -0.121. The van der Waals surface area contributed by atoms with Crippen LogP contribution in [-0.2, 0) is 4.79 Å². The van der Waals surface area contributed by atoms with Crippen LogP contribution in [0.1, 0.15) is 61.3 Å². The largest absolute Gasteiger partial charge is 0.351 e. The van der Waals surface area contributed by atoms with Crippen LogP contribution < -0.4 is 5.32 Å². The average Bonchev–Trinajstić information content (AvgIpc) is 2.78. The average molecular weight is 362 g/mol. The highest BCUT2D eigenvalue weighted by Gasteiger charge is 2.34. The quantitative estimate of drug-likeness (QED) is 0.598. The lowest BCUT2D eigenvalue weighted by atomic mass is 10.1. The van der Waals surface area contributed by atoms with Crippen LogP contribution in [0.2, 0.25) is 0 Å². The number of fused-ring (bicyclic) bond motifs is 1. The number of hydrogen-bond acceptors (Lipinski definition) is 4. The fraction of sp³-hybridized carbons (Fsp3) is 0.526. The molecule has 0 aromatic heterocycles. The molecule has 0 saturated carbocycles. The van der Waals surface area contributed by atoms with Gasteiger partial charge in [-0.1, -0.05) is 12.1 Å². The van der Waals surface area contributed by atoms with Gasteiger partial charge in [-0.2, -0.15) is 0 Å². The maximum absolute atomic E-state index is 12.2. The van der Waals surface area contributed by atoms with Crippen molar-refractivity contribution >= 4 is 29.5 Å². The van der Waals surface area contributed by atoms with Gasteiger partial charge in [0.15, 0.2) is 0 Å². The van der Waals surface area contributed by atoms with E-state index in [2.05, 4.69) is 5.32 Å². The molecule has 1 atom stereocenters. The third kappa shape index (κ3) is 5.08. The van der Waals surface area contributed by atoms with Gasteiger partial charge in [-0.25, -0.2) is 0 Å². The number of nitrogens with zero attached hydrogens (tertiary/aromatic N) is 1. The predicted octanol–water partition coefficient (Wildman–Crippen LogP) is 3.10. The number of nitrogens with one attached hydrogen (secondary N) is 1. The highest BCUT2D eigenvalue weighted by molar-refractivity contribution is 8.00. The fourth-order valence-electron chi connectivity index (χ4n) is 2.62. The summed E-state index contributed by atoms with van der Waals surface area (Å²) < 4.78 is 0. The molecular weight excluding hydrogens is 336 g/mol. The number of carbonyl (C=O) groups is 3. The first-order valence-electron chi connectivity index (χ1n) is 8.59. The molecule has 5 nitrogen and oxygen atoms in total. The van der Waals surface area contributed by atoms with Crippen LogP contribution in [0.25, 0.3) is 0 Å². The summed E-state index contributed by atoms with van der Waals surface area (Å²) in [7, 11) is 0. The van der Waals surface area contributed by atoms with E-state index in [4.69, 9.17) is 0 Å². The van der Waals surface area contributed by atoms with E-state index in [1.165, 1.54) is 4.90 Å². The van der Waals surface area contributed by atoms with Gasteiger partial charge in [-0.15, -0.1) is 11.8 Å². The number of amides is 3. The third-order valence-corrected chi connectivity index (χ3v) is 5.13. The molecule has 136 valence electrons. The molecule has 0 radical (unpaired) electrons. The first kappa shape index (κ1) is 19.5. The van der Waals surface area contributed by atoms with E-state index in [0.29, 0.717) is 17.7 Å². The van der Waals surface area contributed by atoms with Gasteiger partial charge in [-0.3, -0.25) is 19.3 Å². The summed E-state index contributed by atoms with van der Waals surface area (Å²) in [6, 6.07) is 6.93. The molecule has 1 aliphatic heterocycles. The number of benzene rings is 1. The number of carbonyl (C=O) groups excluding carboxylic acids is 3.